The molecule has 0 saturated carbocycles. The highest BCUT2D eigenvalue weighted by Crippen LogP contribution is 2.22. The largest absolute Gasteiger partial charge is 0.398 e. The minimum atomic E-state index is 0.660. The molecule has 0 saturated heterocycles. The number of nitrogen functional groups attached to an aromatic ring is 1. The first-order valence-corrected chi connectivity index (χ1v) is 9.85. The maximum absolute atomic E-state index is 6.16. The maximum atomic E-state index is 6.16. The van der Waals surface area contributed by atoms with Crippen LogP contribution in [0.4, 0.5) is 11.4 Å². The lowest BCUT2D eigenvalue weighted by Crippen LogP contribution is -2.14. The average Bonchev–Trinajstić information content (AvgIpc) is 2.71. The highest BCUT2D eigenvalue weighted by atomic mass is 14.8. The van der Waals surface area contributed by atoms with E-state index in [0.717, 1.165) is 23.7 Å². The van der Waals surface area contributed by atoms with Gasteiger partial charge in [0.1, 0.15) is 0 Å². The molecular formula is C25H31N3. The van der Waals surface area contributed by atoms with E-state index in [1.807, 2.05) is 48.5 Å². The molecule has 0 bridgehead atoms. The predicted octanol–water partition coefficient (Wildman–Crippen LogP) is 5.98. The highest BCUT2D eigenvalue weighted by Gasteiger charge is 2.06. The standard InChI is InChI=1S/C18H21N3.C7H10/c1-2-8-15(19)18(13-14-9-4-3-5-10-14)21-17-12-7-6-11-16(17)20;1-7-5-3-2-4-6-7/h3-12H,2,13,19-20H2,1H3;2-5,7H,6H2,1H3/b15-8-,21-18?;. The summed E-state index contributed by atoms with van der Waals surface area (Å²) < 4.78 is 0. The van der Waals surface area contributed by atoms with Gasteiger partial charge in [0.15, 0.2) is 0 Å². The normalized spacial score (nSPS) is 16.4. The number of para-hydroxylation sites is 2. The Morgan fingerprint density at radius 3 is 2.36 bits per heavy atom. The van der Waals surface area contributed by atoms with E-state index in [0.29, 0.717) is 17.8 Å². The van der Waals surface area contributed by atoms with Crippen LogP contribution in [0.15, 0.2) is 95.7 Å². The van der Waals surface area contributed by atoms with Gasteiger partial charge in [-0.3, -0.25) is 0 Å². The van der Waals surface area contributed by atoms with Crippen molar-refractivity contribution in [1.82, 2.24) is 0 Å². The summed E-state index contributed by atoms with van der Waals surface area (Å²) in [5.41, 5.74) is 16.3. The Hall–Kier alpha value is -3.07. The van der Waals surface area contributed by atoms with Gasteiger partial charge in [0, 0.05) is 12.1 Å². The quantitative estimate of drug-likeness (QED) is 0.500. The summed E-state index contributed by atoms with van der Waals surface area (Å²) in [6.45, 7) is 4.28. The van der Waals surface area contributed by atoms with Crippen molar-refractivity contribution in [2.75, 3.05) is 5.73 Å². The molecule has 0 spiro atoms. The van der Waals surface area contributed by atoms with Crippen molar-refractivity contribution >= 4 is 17.1 Å². The smallest absolute Gasteiger partial charge is 0.0863 e. The van der Waals surface area contributed by atoms with Crippen molar-refractivity contribution in [2.24, 2.45) is 16.6 Å². The fraction of sp³-hybridized carbons (Fsp3) is 0.240. The van der Waals surface area contributed by atoms with Crippen LogP contribution >= 0.6 is 0 Å². The highest BCUT2D eigenvalue weighted by molar-refractivity contribution is 6.02. The second-order valence-electron chi connectivity index (χ2n) is 6.87. The van der Waals surface area contributed by atoms with Crippen LogP contribution in [-0.4, -0.2) is 5.71 Å². The number of hydrogen-bond donors (Lipinski definition) is 2. The lowest BCUT2D eigenvalue weighted by molar-refractivity contribution is 0.737. The van der Waals surface area contributed by atoms with Crippen LogP contribution in [-0.2, 0) is 6.42 Å². The monoisotopic (exact) mass is 373 g/mol. The van der Waals surface area contributed by atoms with Gasteiger partial charge < -0.3 is 11.5 Å². The number of benzene rings is 2. The van der Waals surface area contributed by atoms with Crippen LogP contribution in [0.2, 0.25) is 0 Å². The lowest BCUT2D eigenvalue weighted by atomic mass is 10.0. The molecule has 0 aliphatic heterocycles. The number of nitrogens with zero attached hydrogens (tertiary/aromatic N) is 1. The van der Waals surface area contributed by atoms with Crippen molar-refractivity contribution in [1.29, 1.82) is 0 Å². The molecule has 1 aliphatic carbocycles. The van der Waals surface area contributed by atoms with Gasteiger partial charge in [0.25, 0.3) is 0 Å². The molecule has 3 rings (SSSR count). The van der Waals surface area contributed by atoms with Crippen molar-refractivity contribution in [3.05, 3.63) is 96.2 Å². The third-order valence-corrected chi connectivity index (χ3v) is 4.36. The molecule has 1 aliphatic rings. The van der Waals surface area contributed by atoms with Crippen molar-refractivity contribution in [2.45, 2.75) is 33.1 Å². The van der Waals surface area contributed by atoms with Gasteiger partial charge in [-0.25, -0.2) is 4.99 Å². The predicted molar refractivity (Wildman–Crippen MR) is 123 cm³/mol. The maximum Gasteiger partial charge on any atom is 0.0863 e. The zero-order chi connectivity index (χ0) is 20.2. The third kappa shape index (κ3) is 7.28. The third-order valence-electron chi connectivity index (χ3n) is 4.36. The van der Waals surface area contributed by atoms with Crippen molar-refractivity contribution < 1.29 is 0 Å². The Kier molecular flexibility index (Phi) is 8.80. The molecular weight excluding hydrogens is 342 g/mol. The summed E-state index contributed by atoms with van der Waals surface area (Å²) >= 11 is 0. The van der Waals surface area contributed by atoms with E-state index in [9.17, 15) is 0 Å². The van der Waals surface area contributed by atoms with E-state index in [1.165, 1.54) is 12.0 Å². The lowest BCUT2D eigenvalue weighted by Gasteiger charge is -2.09. The second-order valence-corrected chi connectivity index (χ2v) is 6.87. The number of aliphatic imine (C=N–C) groups is 1. The molecule has 1 unspecified atom stereocenters. The minimum absolute atomic E-state index is 0.660. The molecule has 28 heavy (non-hydrogen) atoms. The first-order valence-electron chi connectivity index (χ1n) is 9.85. The molecule has 0 fully saturated rings. The van der Waals surface area contributed by atoms with Gasteiger partial charge >= 0.3 is 0 Å². The van der Waals surface area contributed by atoms with Crippen LogP contribution in [0.25, 0.3) is 0 Å². The zero-order valence-corrected chi connectivity index (χ0v) is 16.9. The SMILES string of the molecule is CC/C=C(\N)C(Cc1ccccc1)=Nc1ccccc1N.CC1C=CC=CC1. The zero-order valence-electron chi connectivity index (χ0n) is 16.9. The Labute approximate surface area is 169 Å². The molecule has 0 radical (unpaired) electrons. The molecule has 146 valence electrons. The summed E-state index contributed by atoms with van der Waals surface area (Å²) in [5.74, 6) is 0.769. The van der Waals surface area contributed by atoms with Gasteiger partial charge in [0.05, 0.1) is 17.1 Å². The van der Waals surface area contributed by atoms with Crippen LogP contribution in [0, 0.1) is 5.92 Å². The molecule has 2 aromatic rings. The summed E-state index contributed by atoms with van der Waals surface area (Å²) in [6, 6.07) is 17.8. The van der Waals surface area contributed by atoms with Crippen LogP contribution in [0.3, 0.4) is 0 Å². The molecule has 3 nitrogen and oxygen atoms in total. The van der Waals surface area contributed by atoms with Crippen molar-refractivity contribution in [3.8, 4) is 0 Å². The Bertz CT molecular complexity index is 845. The van der Waals surface area contributed by atoms with E-state index < -0.39 is 0 Å². The summed E-state index contributed by atoms with van der Waals surface area (Å²) in [7, 11) is 0. The summed E-state index contributed by atoms with van der Waals surface area (Å²) in [4.78, 5) is 4.67. The Morgan fingerprint density at radius 1 is 1.07 bits per heavy atom. The molecule has 0 amide bonds. The van der Waals surface area contributed by atoms with Gasteiger partial charge in [-0.05, 0) is 36.5 Å². The van der Waals surface area contributed by atoms with E-state index >= 15 is 0 Å². The summed E-state index contributed by atoms with van der Waals surface area (Å²) in [6.07, 6.45) is 13.4. The van der Waals surface area contributed by atoms with Crippen LogP contribution in [0.1, 0.15) is 32.3 Å². The fourth-order valence-electron chi connectivity index (χ4n) is 2.77. The van der Waals surface area contributed by atoms with Gasteiger partial charge in [0.2, 0.25) is 0 Å². The number of allylic oxidation sites excluding steroid dienone is 6. The molecule has 3 heteroatoms. The van der Waals surface area contributed by atoms with Crippen molar-refractivity contribution in [3.63, 3.8) is 0 Å². The number of nitrogens with two attached hydrogens (primary N) is 2. The van der Waals surface area contributed by atoms with E-state index in [1.54, 1.807) is 0 Å². The molecule has 4 N–H and O–H groups in total. The first kappa shape index (κ1) is 21.2. The first-order chi connectivity index (χ1) is 13.6. The molecule has 0 heterocycles. The minimum Gasteiger partial charge on any atom is -0.398 e. The van der Waals surface area contributed by atoms with E-state index in [-0.39, 0.29) is 0 Å². The molecule has 2 aromatic carbocycles. The Morgan fingerprint density at radius 2 is 1.79 bits per heavy atom. The second kappa shape index (κ2) is 11.6. The van der Waals surface area contributed by atoms with Crippen LogP contribution < -0.4 is 11.5 Å². The average molecular weight is 374 g/mol. The van der Waals surface area contributed by atoms with Gasteiger partial charge in [-0.2, -0.15) is 0 Å². The number of hydrogen-bond acceptors (Lipinski definition) is 3. The van der Waals surface area contributed by atoms with E-state index in [4.69, 9.17) is 11.5 Å². The topological polar surface area (TPSA) is 64.4 Å². The molecule has 0 aromatic heterocycles. The number of rotatable bonds is 5. The fourth-order valence-corrected chi connectivity index (χ4v) is 2.77. The Balaban J connectivity index is 0.000000336. The summed E-state index contributed by atoms with van der Waals surface area (Å²) in [5, 5.41) is 0. The van der Waals surface area contributed by atoms with Gasteiger partial charge in [-0.15, -0.1) is 0 Å². The molecule has 1 atom stereocenters. The van der Waals surface area contributed by atoms with Gasteiger partial charge in [-0.1, -0.05) is 86.7 Å². The van der Waals surface area contributed by atoms with E-state index in [2.05, 4.69) is 55.3 Å². The number of anilines is 1. The van der Waals surface area contributed by atoms with Crippen LogP contribution in [0.5, 0.6) is 0 Å².